The van der Waals surface area contributed by atoms with E-state index in [-0.39, 0.29) is 12.1 Å². The Kier molecular flexibility index (Phi) is 7.27. The molecule has 0 spiro atoms. The highest BCUT2D eigenvalue weighted by molar-refractivity contribution is 7.80. The van der Waals surface area contributed by atoms with Gasteiger partial charge in [0.2, 0.25) is 0 Å². The molecule has 1 N–H and O–H groups in total. The SMILES string of the molecule is COCCn1c(C)cc([C@@H]2[C@H](c3ccccn3)NC(=S)N2CCCN(C)C)c1C. The lowest BCUT2D eigenvalue weighted by Gasteiger charge is -2.28. The molecular weight excluding hydrogens is 382 g/mol. The number of hydrogen-bond acceptors (Lipinski definition) is 4. The molecule has 2 aromatic rings. The van der Waals surface area contributed by atoms with Gasteiger partial charge < -0.3 is 24.4 Å². The molecule has 1 aliphatic heterocycles. The molecular formula is C22H33N5OS. The van der Waals surface area contributed by atoms with E-state index in [9.17, 15) is 0 Å². The first-order chi connectivity index (χ1) is 13.9. The lowest BCUT2D eigenvalue weighted by molar-refractivity contribution is 0.186. The second kappa shape index (κ2) is 9.69. The summed E-state index contributed by atoms with van der Waals surface area (Å²) in [6.07, 6.45) is 2.91. The van der Waals surface area contributed by atoms with E-state index in [0.29, 0.717) is 6.61 Å². The summed E-state index contributed by atoms with van der Waals surface area (Å²) in [7, 11) is 5.97. The topological polar surface area (TPSA) is 45.6 Å². The van der Waals surface area contributed by atoms with Crippen molar-refractivity contribution in [3.05, 3.63) is 53.1 Å². The smallest absolute Gasteiger partial charge is 0.170 e. The molecule has 0 saturated carbocycles. The van der Waals surface area contributed by atoms with E-state index < -0.39 is 0 Å². The molecule has 0 radical (unpaired) electrons. The number of methoxy groups -OCH3 is 1. The summed E-state index contributed by atoms with van der Waals surface area (Å²) in [6, 6.07) is 8.56. The zero-order valence-electron chi connectivity index (χ0n) is 18.2. The van der Waals surface area contributed by atoms with E-state index in [1.165, 1.54) is 17.0 Å². The van der Waals surface area contributed by atoms with E-state index in [4.69, 9.17) is 17.0 Å². The average Bonchev–Trinajstić information content (AvgIpc) is 3.16. The zero-order chi connectivity index (χ0) is 21.0. The number of nitrogens with zero attached hydrogens (tertiary/aromatic N) is 4. The highest BCUT2D eigenvalue weighted by atomic mass is 32.1. The summed E-state index contributed by atoms with van der Waals surface area (Å²) in [4.78, 5) is 9.20. The third kappa shape index (κ3) is 4.79. The zero-order valence-corrected chi connectivity index (χ0v) is 19.0. The number of ether oxygens (including phenoxy) is 1. The van der Waals surface area contributed by atoms with E-state index >= 15 is 0 Å². The number of nitrogens with one attached hydrogen (secondary N) is 1. The molecule has 0 amide bonds. The van der Waals surface area contributed by atoms with Crippen LogP contribution in [-0.2, 0) is 11.3 Å². The van der Waals surface area contributed by atoms with Gasteiger partial charge in [0, 0.05) is 37.8 Å². The fraction of sp³-hybridized carbons (Fsp3) is 0.545. The Balaban J connectivity index is 1.97. The van der Waals surface area contributed by atoms with Crippen LogP contribution < -0.4 is 5.32 Å². The Morgan fingerprint density at radius 2 is 2.03 bits per heavy atom. The van der Waals surface area contributed by atoms with Gasteiger partial charge in [0.15, 0.2) is 5.11 Å². The molecule has 6 nitrogen and oxygen atoms in total. The van der Waals surface area contributed by atoms with Gasteiger partial charge in [-0.1, -0.05) is 6.07 Å². The van der Waals surface area contributed by atoms with Crippen LogP contribution in [0, 0.1) is 13.8 Å². The van der Waals surface area contributed by atoms with Crippen molar-refractivity contribution in [2.75, 3.05) is 40.9 Å². The summed E-state index contributed by atoms with van der Waals surface area (Å²) in [5.41, 5.74) is 4.86. The summed E-state index contributed by atoms with van der Waals surface area (Å²) in [5, 5.41) is 4.36. The lowest BCUT2D eigenvalue weighted by Crippen LogP contribution is -2.32. The molecule has 1 fully saturated rings. The van der Waals surface area contributed by atoms with Crippen LogP contribution in [0.25, 0.3) is 0 Å². The fourth-order valence-corrected chi connectivity index (χ4v) is 4.53. The minimum atomic E-state index is 0.0411. The first-order valence-electron chi connectivity index (χ1n) is 10.2. The van der Waals surface area contributed by atoms with E-state index in [2.05, 4.69) is 64.7 Å². The highest BCUT2D eigenvalue weighted by Crippen LogP contribution is 2.40. The molecule has 2 atom stereocenters. The summed E-state index contributed by atoms with van der Waals surface area (Å²) < 4.78 is 7.66. The third-order valence-electron chi connectivity index (χ3n) is 5.65. The maximum Gasteiger partial charge on any atom is 0.170 e. The van der Waals surface area contributed by atoms with Crippen LogP contribution in [-0.4, -0.2) is 65.4 Å². The lowest BCUT2D eigenvalue weighted by atomic mass is 9.96. The quantitative estimate of drug-likeness (QED) is 0.635. The van der Waals surface area contributed by atoms with E-state index in [0.717, 1.165) is 36.9 Å². The van der Waals surface area contributed by atoms with E-state index in [1.807, 2.05) is 18.3 Å². The molecule has 0 aromatic carbocycles. The Bertz CT molecular complexity index is 820. The monoisotopic (exact) mass is 415 g/mol. The van der Waals surface area contributed by atoms with E-state index in [1.54, 1.807) is 7.11 Å². The maximum atomic E-state index is 5.77. The number of rotatable bonds is 9. The summed E-state index contributed by atoms with van der Waals surface area (Å²) >= 11 is 5.77. The standard InChI is InChI=1S/C22H33N5OS/c1-16-15-18(17(2)26(16)13-14-28-5)21-20(19-9-6-7-10-23-19)24-22(29)27(21)12-8-11-25(3)4/h6-7,9-10,15,20-21H,8,11-14H2,1-5H3,(H,24,29)/t20-,21+/m0/s1. The second-order valence-electron chi connectivity index (χ2n) is 7.95. The fourth-order valence-electron chi connectivity index (χ4n) is 4.20. The number of aryl methyl sites for hydroxylation is 1. The molecule has 29 heavy (non-hydrogen) atoms. The van der Waals surface area contributed by atoms with Gasteiger partial charge in [0.25, 0.3) is 0 Å². The second-order valence-corrected chi connectivity index (χ2v) is 8.33. The van der Waals surface area contributed by atoms with Crippen LogP contribution in [0.4, 0.5) is 0 Å². The van der Waals surface area contributed by atoms with Gasteiger partial charge in [-0.05, 0) is 76.9 Å². The summed E-state index contributed by atoms with van der Waals surface area (Å²) in [6.45, 7) is 7.87. The largest absolute Gasteiger partial charge is 0.383 e. The van der Waals surface area contributed by atoms with Crippen molar-refractivity contribution in [3.8, 4) is 0 Å². The minimum Gasteiger partial charge on any atom is -0.383 e. The molecule has 3 heterocycles. The van der Waals surface area contributed by atoms with Crippen molar-refractivity contribution in [3.63, 3.8) is 0 Å². The predicted octanol–water partition coefficient (Wildman–Crippen LogP) is 3.07. The Morgan fingerprint density at radius 3 is 2.69 bits per heavy atom. The molecule has 1 saturated heterocycles. The van der Waals surface area contributed by atoms with Crippen molar-refractivity contribution in [2.45, 2.75) is 38.9 Å². The van der Waals surface area contributed by atoms with Gasteiger partial charge >= 0.3 is 0 Å². The molecule has 0 unspecified atom stereocenters. The van der Waals surface area contributed by atoms with Gasteiger partial charge in [-0.25, -0.2) is 0 Å². The van der Waals surface area contributed by atoms with Gasteiger partial charge in [0.05, 0.1) is 24.4 Å². The molecule has 0 bridgehead atoms. The van der Waals surface area contributed by atoms with Crippen molar-refractivity contribution in [2.24, 2.45) is 0 Å². The van der Waals surface area contributed by atoms with Gasteiger partial charge in [-0.15, -0.1) is 0 Å². The number of thiocarbonyl (C=S) groups is 1. The Labute approximate surface area is 179 Å². The molecule has 0 aliphatic carbocycles. The molecule has 2 aromatic heterocycles. The number of hydrogen-bond donors (Lipinski definition) is 1. The summed E-state index contributed by atoms with van der Waals surface area (Å²) in [5.74, 6) is 0. The van der Waals surface area contributed by atoms with Gasteiger partial charge in [-0.2, -0.15) is 0 Å². The number of aromatic nitrogens is 2. The highest BCUT2D eigenvalue weighted by Gasteiger charge is 2.40. The first-order valence-corrected chi connectivity index (χ1v) is 10.6. The van der Waals surface area contributed by atoms with Crippen LogP contribution in [0.2, 0.25) is 0 Å². The molecule has 3 rings (SSSR count). The molecule has 1 aliphatic rings. The van der Waals surface area contributed by atoms with Crippen LogP contribution >= 0.6 is 12.2 Å². The Hall–Kier alpha value is -1.96. The van der Waals surface area contributed by atoms with Gasteiger partial charge in [-0.3, -0.25) is 4.98 Å². The van der Waals surface area contributed by atoms with Gasteiger partial charge in [0.1, 0.15) is 0 Å². The minimum absolute atomic E-state index is 0.0411. The van der Waals surface area contributed by atoms with Crippen LogP contribution in [0.5, 0.6) is 0 Å². The maximum absolute atomic E-state index is 5.77. The third-order valence-corrected chi connectivity index (χ3v) is 6.00. The van der Waals surface area contributed by atoms with Crippen molar-refractivity contribution >= 4 is 17.3 Å². The first kappa shape index (κ1) is 21.7. The van der Waals surface area contributed by atoms with Crippen LogP contribution in [0.15, 0.2) is 30.5 Å². The van der Waals surface area contributed by atoms with Crippen molar-refractivity contribution in [1.82, 2.24) is 24.7 Å². The van der Waals surface area contributed by atoms with Crippen LogP contribution in [0.3, 0.4) is 0 Å². The van der Waals surface area contributed by atoms with Crippen molar-refractivity contribution < 1.29 is 4.74 Å². The predicted molar refractivity (Wildman–Crippen MR) is 121 cm³/mol. The van der Waals surface area contributed by atoms with Crippen molar-refractivity contribution in [1.29, 1.82) is 0 Å². The Morgan fingerprint density at radius 1 is 1.24 bits per heavy atom. The molecule has 158 valence electrons. The average molecular weight is 416 g/mol. The number of pyridine rings is 1. The normalized spacial score (nSPS) is 19.2. The molecule has 7 heteroatoms. The van der Waals surface area contributed by atoms with Crippen LogP contribution in [0.1, 0.15) is 41.1 Å².